The van der Waals surface area contributed by atoms with Gasteiger partial charge in [-0.3, -0.25) is 0 Å². The Morgan fingerprint density at radius 3 is 2.47 bits per heavy atom. The van der Waals surface area contributed by atoms with E-state index < -0.39 is 49.5 Å². The Morgan fingerprint density at radius 1 is 1.00 bits per heavy atom. The first-order valence-corrected chi connectivity index (χ1v) is 6.31. The molecule has 3 aliphatic rings. The van der Waals surface area contributed by atoms with E-state index in [1.54, 1.807) is 0 Å². The van der Waals surface area contributed by atoms with E-state index in [0.717, 1.165) is 0 Å². The van der Waals surface area contributed by atoms with Crippen LogP contribution >= 0.6 is 0 Å². The van der Waals surface area contributed by atoms with Crippen molar-refractivity contribution in [3.8, 4) is 0 Å². The van der Waals surface area contributed by atoms with Gasteiger partial charge < -0.3 is 39.4 Å². The number of ether oxygens (including phenoxy) is 4. The van der Waals surface area contributed by atoms with E-state index in [9.17, 15) is 15.3 Å². The molecule has 110 valence electrons. The summed E-state index contributed by atoms with van der Waals surface area (Å²) in [6, 6.07) is 0. The predicted molar refractivity (Wildman–Crippen MR) is 58.1 cm³/mol. The van der Waals surface area contributed by atoms with Crippen LogP contribution in [0.25, 0.3) is 0 Å². The van der Waals surface area contributed by atoms with Gasteiger partial charge in [-0.15, -0.1) is 0 Å². The highest BCUT2D eigenvalue weighted by Crippen LogP contribution is 2.30. The molecule has 8 nitrogen and oxygen atoms in total. The van der Waals surface area contributed by atoms with Crippen molar-refractivity contribution >= 4 is 0 Å². The molecule has 0 radical (unpaired) electrons. The fourth-order valence-corrected chi connectivity index (χ4v) is 2.67. The maximum atomic E-state index is 9.85. The van der Waals surface area contributed by atoms with Gasteiger partial charge in [0.2, 0.25) is 0 Å². The van der Waals surface area contributed by atoms with E-state index in [2.05, 4.69) is 0 Å². The predicted octanol–water partition coefficient (Wildman–Crippen LogP) is -3.03. The number of rotatable bonds is 3. The maximum absolute atomic E-state index is 9.85. The van der Waals surface area contributed by atoms with Crippen molar-refractivity contribution in [1.82, 2.24) is 0 Å². The van der Waals surface area contributed by atoms with Crippen molar-refractivity contribution in [2.24, 2.45) is 0 Å². The van der Waals surface area contributed by atoms with Crippen molar-refractivity contribution in [3.05, 3.63) is 0 Å². The Morgan fingerprint density at radius 2 is 1.79 bits per heavy atom. The highest BCUT2D eigenvalue weighted by atomic mass is 16.7. The zero-order chi connectivity index (χ0) is 13.6. The van der Waals surface area contributed by atoms with Crippen LogP contribution in [0.2, 0.25) is 0 Å². The van der Waals surface area contributed by atoms with E-state index in [0.29, 0.717) is 6.61 Å². The lowest BCUT2D eigenvalue weighted by Crippen LogP contribution is -2.51. The van der Waals surface area contributed by atoms with Crippen LogP contribution in [0, 0.1) is 0 Å². The smallest absolute Gasteiger partial charge is 0.187 e. The molecule has 0 aromatic rings. The average molecular weight is 278 g/mol. The number of hydrogen-bond acceptors (Lipinski definition) is 8. The molecule has 3 rings (SSSR count). The fourth-order valence-electron chi connectivity index (χ4n) is 2.67. The molecule has 0 aromatic heterocycles. The minimum absolute atomic E-state index is 0.221. The Kier molecular flexibility index (Phi) is 3.76. The minimum Gasteiger partial charge on any atom is -0.394 e. The maximum Gasteiger partial charge on any atom is 0.187 e. The molecule has 3 aliphatic heterocycles. The highest BCUT2D eigenvalue weighted by molar-refractivity contribution is 4.95. The third-order valence-electron chi connectivity index (χ3n) is 3.82. The van der Waals surface area contributed by atoms with E-state index in [1.165, 1.54) is 0 Å². The standard InChI is InChI=1S/C11H18O8/c12-1-4-7(13)9(15)11(18-4)19-6-3-16-5-2-17-10(6)8(5)14/h4-15H,1-3H2/t4-,5-,6-,7-,8-,9+,10+,11-/m1/s1. The molecule has 3 saturated heterocycles. The van der Waals surface area contributed by atoms with Crippen molar-refractivity contribution in [1.29, 1.82) is 0 Å². The fraction of sp³-hybridized carbons (Fsp3) is 1.00. The van der Waals surface area contributed by atoms with Gasteiger partial charge in [-0.2, -0.15) is 0 Å². The summed E-state index contributed by atoms with van der Waals surface area (Å²) in [5.74, 6) is 0. The normalized spacial score (nSPS) is 53.7. The van der Waals surface area contributed by atoms with Gasteiger partial charge in [0.15, 0.2) is 6.29 Å². The van der Waals surface area contributed by atoms with Crippen LogP contribution in [0.15, 0.2) is 0 Å². The molecule has 3 fully saturated rings. The van der Waals surface area contributed by atoms with Crippen molar-refractivity contribution in [3.63, 3.8) is 0 Å². The molecule has 0 spiro atoms. The lowest BCUT2D eigenvalue weighted by Gasteiger charge is -2.33. The zero-order valence-corrected chi connectivity index (χ0v) is 10.2. The van der Waals surface area contributed by atoms with Crippen LogP contribution in [0.3, 0.4) is 0 Å². The second-order valence-electron chi connectivity index (χ2n) is 5.04. The Labute approximate surface area is 109 Å². The third kappa shape index (κ3) is 2.28. The SMILES string of the molecule is OC[C@H]1O[C@H](O[C@@H]2CO[C@@H]3CO[C@@H]2[C@@H]3O)[C@@H](O)[C@@H]1O. The second-order valence-corrected chi connectivity index (χ2v) is 5.04. The molecule has 0 aliphatic carbocycles. The van der Waals surface area contributed by atoms with Crippen LogP contribution in [-0.4, -0.2) is 89.3 Å². The summed E-state index contributed by atoms with van der Waals surface area (Å²) >= 11 is 0. The largest absolute Gasteiger partial charge is 0.394 e. The molecule has 8 heteroatoms. The molecule has 0 amide bonds. The van der Waals surface area contributed by atoms with Crippen LogP contribution in [0.1, 0.15) is 0 Å². The number of aliphatic hydroxyl groups excluding tert-OH is 4. The zero-order valence-electron chi connectivity index (χ0n) is 10.2. The summed E-state index contributed by atoms with van der Waals surface area (Å²) in [6.07, 6.45) is -6.64. The van der Waals surface area contributed by atoms with Gasteiger partial charge >= 0.3 is 0 Å². The molecule has 2 bridgehead atoms. The van der Waals surface area contributed by atoms with Crippen LogP contribution < -0.4 is 0 Å². The average Bonchev–Trinajstić information content (AvgIpc) is 2.80. The lowest BCUT2D eigenvalue weighted by molar-refractivity contribution is -0.239. The molecular weight excluding hydrogens is 260 g/mol. The lowest BCUT2D eigenvalue weighted by atomic mass is 10.0. The minimum atomic E-state index is -1.26. The van der Waals surface area contributed by atoms with E-state index in [4.69, 9.17) is 24.1 Å². The van der Waals surface area contributed by atoms with Gasteiger partial charge in [-0.05, 0) is 0 Å². The van der Waals surface area contributed by atoms with Crippen molar-refractivity contribution in [2.45, 2.75) is 49.0 Å². The quantitative estimate of drug-likeness (QED) is 0.430. The van der Waals surface area contributed by atoms with Crippen molar-refractivity contribution < 1.29 is 39.4 Å². The van der Waals surface area contributed by atoms with Gasteiger partial charge in [0, 0.05) is 0 Å². The summed E-state index contributed by atoms with van der Waals surface area (Å²) in [4.78, 5) is 0. The summed E-state index contributed by atoms with van der Waals surface area (Å²) in [5.41, 5.74) is 0. The molecule has 0 aromatic carbocycles. The van der Waals surface area contributed by atoms with Crippen LogP contribution in [0.4, 0.5) is 0 Å². The molecule has 3 heterocycles. The Balaban J connectivity index is 1.62. The van der Waals surface area contributed by atoms with E-state index >= 15 is 0 Å². The number of hydrogen-bond donors (Lipinski definition) is 4. The molecule has 0 unspecified atom stereocenters. The van der Waals surface area contributed by atoms with Crippen molar-refractivity contribution in [2.75, 3.05) is 19.8 Å². The van der Waals surface area contributed by atoms with Gasteiger partial charge in [-0.25, -0.2) is 0 Å². The topological polar surface area (TPSA) is 118 Å². The monoisotopic (exact) mass is 278 g/mol. The third-order valence-corrected chi connectivity index (χ3v) is 3.82. The van der Waals surface area contributed by atoms with Gasteiger partial charge in [0.25, 0.3) is 0 Å². The van der Waals surface area contributed by atoms with E-state index in [1.807, 2.05) is 0 Å². The molecule has 0 saturated carbocycles. The van der Waals surface area contributed by atoms with Gasteiger partial charge in [0.05, 0.1) is 19.8 Å². The summed E-state index contributed by atoms with van der Waals surface area (Å²) < 4.78 is 21.5. The highest BCUT2D eigenvalue weighted by Gasteiger charge is 2.50. The molecule has 8 atom stereocenters. The summed E-state index contributed by atoms with van der Waals surface area (Å²) in [7, 11) is 0. The first-order valence-electron chi connectivity index (χ1n) is 6.31. The first kappa shape index (κ1) is 13.7. The second kappa shape index (κ2) is 5.23. The van der Waals surface area contributed by atoms with Crippen LogP contribution in [-0.2, 0) is 18.9 Å². The summed E-state index contributed by atoms with van der Waals surface area (Å²) in [6.45, 7) is 0.115. The van der Waals surface area contributed by atoms with E-state index in [-0.39, 0.29) is 12.7 Å². The molecule has 19 heavy (non-hydrogen) atoms. The summed E-state index contributed by atoms with van der Waals surface area (Å²) in [5, 5.41) is 38.2. The molecule has 4 N–H and O–H groups in total. The molecular formula is C11H18O8. The van der Waals surface area contributed by atoms with Gasteiger partial charge in [-0.1, -0.05) is 0 Å². The first-order chi connectivity index (χ1) is 9.11. The van der Waals surface area contributed by atoms with Crippen LogP contribution in [0.5, 0.6) is 0 Å². The Hall–Kier alpha value is -0.320. The number of aliphatic hydroxyl groups is 4. The Bertz CT molecular complexity index is 326. The number of fused-ring (bicyclic) bond motifs is 2. The van der Waals surface area contributed by atoms with Gasteiger partial charge in [0.1, 0.15) is 42.7 Å².